The van der Waals surface area contributed by atoms with E-state index in [0.29, 0.717) is 0 Å². The van der Waals surface area contributed by atoms with Gasteiger partial charge in [-0.3, -0.25) is 0 Å². The first-order valence-electron chi connectivity index (χ1n) is 31.1. The lowest BCUT2D eigenvalue weighted by Gasteiger charge is -2.28. The molecule has 0 aliphatic heterocycles. The highest BCUT2D eigenvalue weighted by atomic mass is 14.3. The van der Waals surface area contributed by atoms with Gasteiger partial charge in [-0.1, -0.05) is 289 Å². The molecule has 0 heterocycles. The zero-order chi connectivity index (χ0) is 59.3. The molecule has 15 rings (SSSR count). The van der Waals surface area contributed by atoms with Gasteiger partial charge in [0.25, 0.3) is 0 Å². The summed E-state index contributed by atoms with van der Waals surface area (Å²) in [6, 6.07) is 89.0. The summed E-state index contributed by atoms with van der Waals surface area (Å²) >= 11 is 0. The Morgan fingerprint density at radius 2 is 0.477 bits per heavy atom. The minimum absolute atomic E-state index is 0.0874. The van der Waals surface area contributed by atoms with Gasteiger partial charge in [0, 0.05) is 0 Å². The highest BCUT2D eigenvalue weighted by Crippen LogP contribution is 2.49. The van der Waals surface area contributed by atoms with Crippen molar-refractivity contribution in [2.45, 2.75) is 105 Å². The maximum atomic E-state index is 2.54. The molecular formula is C86H74. The summed E-state index contributed by atoms with van der Waals surface area (Å²) < 4.78 is 0. The van der Waals surface area contributed by atoms with E-state index < -0.39 is 0 Å². The van der Waals surface area contributed by atoms with Crippen LogP contribution < -0.4 is 0 Å². The molecule has 0 N–H and O–H groups in total. The molecule has 0 fully saturated rings. The third-order valence-corrected chi connectivity index (χ3v) is 19.1. The van der Waals surface area contributed by atoms with Crippen LogP contribution in [-0.2, 0) is 21.7 Å². The van der Waals surface area contributed by atoms with Crippen LogP contribution in [-0.4, -0.2) is 0 Å². The minimum Gasteiger partial charge on any atom is -0.0622 e. The standard InChI is InChI=1S/C86H74/c1-83(2,3)61-43-59(44-62(49-61)84(4,5)6)75-71-47-55-29-19-20-30-56(55)48-72(71)76(60-45-63(85(7,8)9)50-64(46-60)86(10,11)12)82-70-40-38-68-77-67(37-39-69(78(70)77)81(75)82)79-73(57-33-23-31-53(41-57)51-25-15-13-16-26-51)65-35-21-22-36-66(65)74(80(68)79)58-34-24-32-54(42-58)52-27-17-14-18-28-52/h13-50H,1-12H3. The van der Waals surface area contributed by atoms with E-state index in [9.17, 15) is 0 Å². The number of benzene rings is 13. The Hall–Kier alpha value is -9.10. The maximum absolute atomic E-state index is 2.54. The van der Waals surface area contributed by atoms with E-state index in [1.165, 1.54) is 174 Å². The van der Waals surface area contributed by atoms with Crippen molar-refractivity contribution in [3.05, 3.63) is 295 Å². The zero-order valence-electron chi connectivity index (χ0n) is 51.9. The fourth-order valence-corrected chi connectivity index (χ4v) is 14.5. The van der Waals surface area contributed by atoms with E-state index in [4.69, 9.17) is 0 Å². The van der Waals surface area contributed by atoms with Crippen LogP contribution in [0.4, 0.5) is 0 Å². The van der Waals surface area contributed by atoms with E-state index in [0.717, 1.165) is 0 Å². The molecule has 0 atom stereocenters. The summed E-state index contributed by atoms with van der Waals surface area (Å²) in [6.45, 7) is 28.5. The summed E-state index contributed by atoms with van der Waals surface area (Å²) in [5.74, 6) is 0. The first-order chi connectivity index (χ1) is 41.2. The highest BCUT2D eigenvalue weighted by Gasteiger charge is 2.29. The lowest BCUT2D eigenvalue weighted by atomic mass is 9.77. The van der Waals surface area contributed by atoms with Crippen LogP contribution in [0.5, 0.6) is 0 Å². The summed E-state index contributed by atoms with van der Waals surface area (Å²) in [7, 11) is 0. The molecule has 0 aromatic heterocycles. The van der Waals surface area contributed by atoms with Crippen molar-refractivity contribution < 1.29 is 0 Å². The van der Waals surface area contributed by atoms with Crippen molar-refractivity contribution >= 4 is 43.1 Å². The summed E-state index contributed by atoms with van der Waals surface area (Å²) in [4.78, 5) is 0. The Bertz CT molecular complexity index is 5060. The average Bonchev–Trinajstić information content (AvgIpc) is 1.50. The van der Waals surface area contributed by atoms with E-state index in [2.05, 4.69) is 314 Å². The van der Waals surface area contributed by atoms with Gasteiger partial charge in [0.15, 0.2) is 0 Å². The second-order valence-electron chi connectivity index (χ2n) is 28.9. The van der Waals surface area contributed by atoms with Crippen molar-refractivity contribution in [3.8, 4) is 66.8 Å². The lowest BCUT2D eigenvalue weighted by Crippen LogP contribution is -2.17. The van der Waals surface area contributed by atoms with Gasteiger partial charge in [-0.05, 0) is 220 Å². The first kappa shape index (κ1) is 53.6. The summed E-state index contributed by atoms with van der Waals surface area (Å²) in [5.41, 5.74) is 20.1. The number of hydrogen-bond acceptors (Lipinski definition) is 0. The van der Waals surface area contributed by atoms with Crippen LogP contribution in [0, 0.1) is 41.7 Å². The molecule has 0 saturated carbocycles. The molecule has 418 valence electrons. The third kappa shape index (κ3) is 8.54. The van der Waals surface area contributed by atoms with Crippen molar-refractivity contribution in [2.75, 3.05) is 0 Å². The van der Waals surface area contributed by atoms with Crippen LogP contribution in [0.25, 0.3) is 110 Å². The third-order valence-electron chi connectivity index (χ3n) is 19.1. The molecule has 0 heteroatoms. The molecule has 0 nitrogen and oxygen atoms in total. The molecule has 0 amide bonds. The monoisotopic (exact) mass is 1110 g/mol. The van der Waals surface area contributed by atoms with Crippen molar-refractivity contribution in [2.24, 2.45) is 0 Å². The fourth-order valence-electron chi connectivity index (χ4n) is 14.5. The van der Waals surface area contributed by atoms with Gasteiger partial charge in [0.2, 0.25) is 0 Å². The van der Waals surface area contributed by atoms with Crippen molar-refractivity contribution in [1.82, 2.24) is 0 Å². The molecule has 13 aromatic carbocycles. The van der Waals surface area contributed by atoms with Gasteiger partial charge in [0.1, 0.15) is 0 Å². The highest BCUT2D eigenvalue weighted by molar-refractivity contribution is 6.13. The Morgan fingerprint density at radius 1 is 0.198 bits per heavy atom. The Kier molecular flexibility index (Phi) is 12.0. The fraction of sp³-hybridized carbons (Fsp3) is 0.186. The summed E-state index contributed by atoms with van der Waals surface area (Å²) in [6.07, 6.45) is 0. The first-order valence-corrected chi connectivity index (χ1v) is 31.1. The lowest BCUT2D eigenvalue weighted by molar-refractivity contribution is 0.568. The molecule has 0 spiro atoms. The molecule has 86 heavy (non-hydrogen) atoms. The van der Waals surface area contributed by atoms with Gasteiger partial charge in [0.05, 0.1) is 0 Å². The molecule has 2 aliphatic rings. The van der Waals surface area contributed by atoms with E-state index in [1.54, 1.807) is 0 Å². The second kappa shape index (κ2) is 19.2. The van der Waals surface area contributed by atoms with E-state index in [-0.39, 0.29) is 21.7 Å². The zero-order valence-corrected chi connectivity index (χ0v) is 51.9. The average molecular weight is 1110 g/mol. The molecular weight excluding hydrogens is 1030 g/mol. The Morgan fingerprint density at radius 3 is 0.802 bits per heavy atom. The van der Waals surface area contributed by atoms with Crippen LogP contribution in [0.3, 0.4) is 0 Å². The minimum atomic E-state index is -0.0874. The molecule has 2 aliphatic carbocycles. The van der Waals surface area contributed by atoms with Gasteiger partial charge < -0.3 is 0 Å². The van der Waals surface area contributed by atoms with Gasteiger partial charge in [-0.15, -0.1) is 0 Å². The second-order valence-corrected chi connectivity index (χ2v) is 28.9. The van der Waals surface area contributed by atoms with Crippen LogP contribution in [0.1, 0.15) is 105 Å². The van der Waals surface area contributed by atoms with Gasteiger partial charge >= 0.3 is 0 Å². The largest absolute Gasteiger partial charge is 0.0622 e. The van der Waals surface area contributed by atoms with Crippen molar-refractivity contribution in [1.29, 1.82) is 0 Å². The SMILES string of the molecule is CC(C)(C)c1cc(-c2c3c(c(-c4cc(C(C)(C)C)cc(C(C)(C)C)c4)c4cc5ccccc5cc24)=c2ccc4c5c(ccc=3c25)=c2c(-c3cccc(-c5ccccc5)c3)c3ccccc3c(-c3cccc(-c5ccccc5)c3)c2=4)cc(C(C)(C)C)c1. The quantitative estimate of drug-likeness (QED) is 0.146. The number of fused-ring (bicyclic) bond motifs is 5. The molecule has 13 aromatic rings. The van der Waals surface area contributed by atoms with E-state index >= 15 is 0 Å². The topological polar surface area (TPSA) is 0 Å². The summed E-state index contributed by atoms with van der Waals surface area (Å²) in [5, 5.41) is 20.7. The normalized spacial score (nSPS) is 12.9. The molecule has 0 radical (unpaired) electrons. The number of rotatable bonds is 6. The Labute approximate surface area is 506 Å². The number of hydrogen-bond donors (Lipinski definition) is 0. The molecule has 0 saturated heterocycles. The van der Waals surface area contributed by atoms with Crippen LogP contribution >= 0.6 is 0 Å². The van der Waals surface area contributed by atoms with Gasteiger partial charge in [-0.25, -0.2) is 0 Å². The maximum Gasteiger partial charge on any atom is -0.000740 e. The smallest absolute Gasteiger partial charge is 0.000740 e. The van der Waals surface area contributed by atoms with Gasteiger partial charge in [-0.2, -0.15) is 0 Å². The van der Waals surface area contributed by atoms with Crippen molar-refractivity contribution in [3.63, 3.8) is 0 Å². The molecule has 0 bridgehead atoms. The Balaban J connectivity index is 1.22. The predicted octanol–water partition coefficient (Wildman–Crippen LogP) is 23.3. The van der Waals surface area contributed by atoms with Crippen LogP contribution in [0.15, 0.2) is 231 Å². The van der Waals surface area contributed by atoms with E-state index in [1.807, 2.05) is 0 Å². The molecule has 0 unspecified atom stereocenters. The van der Waals surface area contributed by atoms with Crippen LogP contribution in [0.2, 0.25) is 0 Å². The predicted molar refractivity (Wildman–Crippen MR) is 367 cm³/mol.